The Bertz CT molecular complexity index is 317. The van der Waals surface area contributed by atoms with Crippen molar-refractivity contribution in [3.63, 3.8) is 0 Å². The third kappa shape index (κ3) is 1.42. The van der Waals surface area contributed by atoms with Crippen LogP contribution in [0.1, 0.15) is 52.4 Å². The van der Waals surface area contributed by atoms with E-state index in [0.29, 0.717) is 5.91 Å². The molecule has 1 spiro atoms. The maximum Gasteiger partial charge on any atom is 0.229 e. The maximum atomic E-state index is 12.5. The summed E-state index contributed by atoms with van der Waals surface area (Å²) in [5.74, 6) is 0.382. The van der Waals surface area contributed by atoms with Crippen molar-refractivity contribution >= 4 is 5.91 Å². The predicted octanol–water partition coefficient (Wildman–Crippen LogP) is 3.13. The lowest BCUT2D eigenvalue weighted by atomic mass is 9.73. The Kier molecular flexibility index (Phi) is 2.85. The van der Waals surface area contributed by atoms with Crippen LogP contribution in [0, 0.1) is 5.41 Å². The van der Waals surface area contributed by atoms with Crippen molar-refractivity contribution in [1.29, 1.82) is 0 Å². The SMILES string of the molecule is CCC1(CC)CC2(CC=CCC2)N(C)C1=O. The van der Waals surface area contributed by atoms with Gasteiger partial charge in [-0.3, -0.25) is 4.79 Å². The highest BCUT2D eigenvalue weighted by Crippen LogP contribution is 2.50. The first kappa shape index (κ1) is 11.7. The average molecular weight is 221 g/mol. The fraction of sp³-hybridized carbons (Fsp3) is 0.786. The van der Waals surface area contributed by atoms with Crippen LogP contribution in [-0.4, -0.2) is 23.4 Å². The maximum absolute atomic E-state index is 12.5. The van der Waals surface area contributed by atoms with E-state index >= 15 is 0 Å². The highest BCUT2D eigenvalue weighted by atomic mass is 16.2. The Morgan fingerprint density at radius 3 is 2.44 bits per heavy atom. The third-order valence-electron chi connectivity index (χ3n) is 4.93. The van der Waals surface area contributed by atoms with Gasteiger partial charge in [-0.2, -0.15) is 0 Å². The molecule has 1 atom stereocenters. The normalized spacial score (nSPS) is 32.7. The molecule has 1 saturated heterocycles. The molecule has 2 heteroatoms. The second kappa shape index (κ2) is 3.90. The van der Waals surface area contributed by atoms with Gasteiger partial charge in [0.25, 0.3) is 0 Å². The first-order valence-corrected chi connectivity index (χ1v) is 6.53. The van der Waals surface area contributed by atoms with Crippen LogP contribution in [0.25, 0.3) is 0 Å². The van der Waals surface area contributed by atoms with Crippen LogP contribution in [0.4, 0.5) is 0 Å². The van der Waals surface area contributed by atoms with Crippen LogP contribution in [0.5, 0.6) is 0 Å². The van der Waals surface area contributed by atoms with Crippen molar-refractivity contribution in [3.05, 3.63) is 12.2 Å². The molecule has 0 aromatic rings. The summed E-state index contributed by atoms with van der Waals surface area (Å²) in [5, 5.41) is 0. The number of allylic oxidation sites excluding steroid dienone is 1. The van der Waals surface area contributed by atoms with Gasteiger partial charge in [0.2, 0.25) is 5.91 Å². The fourth-order valence-electron chi connectivity index (χ4n) is 3.54. The molecule has 16 heavy (non-hydrogen) atoms. The monoisotopic (exact) mass is 221 g/mol. The molecule has 1 aliphatic heterocycles. The van der Waals surface area contributed by atoms with Crippen LogP contribution < -0.4 is 0 Å². The van der Waals surface area contributed by atoms with E-state index in [2.05, 4.69) is 30.9 Å². The molecule has 1 heterocycles. The smallest absolute Gasteiger partial charge is 0.229 e. The highest BCUT2D eigenvalue weighted by Gasteiger charge is 2.55. The van der Waals surface area contributed by atoms with E-state index in [1.807, 2.05) is 7.05 Å². The van der Waals surface area contributed by atoms with E-state index in [9.17, 15) is 4.79 Å². The van der Waals surface area contributed by atoms with Crippen molar-refractivity contribution < 1.29 is 4.79 Å². The molecule has 0 N–H and O–H groups in total. The van der Waals surface area contributed by atoms with Gasteiger partial charge in [0.05, 0.1) is 5.41 Å². The Labute approximate surface area is 98.7 Å². The molecule has 2 rings (SSSR count). The second-order valence-electron chi connectivity index (χ2n) is 5.47. The summed E-state index contributed by atoms with van der Waals surface area (Å²) in [4.78, 5) is 14.5. The van der Waals surface area contributed by atoms with Crippen molar-refractivity contribution in [1.82, 2.24) is 4.90 Å². The van der Waals surface area contributed by atoms with Crippen molar-refractivity contribution in [2.45, 2.75) is 57.9 Å². The molecule has 2 nitrogen and oxygen atoms in total. The number of carbonyl (C=O) groups is 1. The minimum Gasteiger partial charge on any atom is -0.339 e. The van der Waals surface area contributed by atoms with Crippen LogP contribution >= 0.6 is 0 Å². The predicted molar refractivity (Wildman–Crippen MR) is 66.1 cm³/mol. The number of rotatable bonds is 2. The van der Waals surface area contributed by atoms with Gasteiger partial charge < -0.3 is 4.90 Å². The number of hydrogen-bond donors (Lipinski definition) is 0. The van der Waals surface area contributed by atoms with Gasteiger partial charge in [-0.05, 0) is 38.5 Å². The van der Waals surface area contributed by atoms with Gasteiger partial charge in [0, 0.05) is 12.6 Å². The molecular formula is C14H23NO. The number of carbonyl (C=O) groups excluding carboxylic acids is 1. The van der Waals surface area contributed by atoms with Gasteiger partial charge in [-0.15, -0.1) is 0 Å². The molecule has 90 valence electrons. The standard InChI is InChI=1S/C14H23NO/c1-4-13(5-2)11-14(15(3)12(13)16)9-7-6-8-10-14/h6-7H,4-5,8-11H2,1-3H3. The van der Waals surface area contributed by atoms with Crippen LogP contribution in [-0.2, 0) is 4.79 Å². The lowest BCUT2D eigenvalue weighted by Gasteiger charge is -2.37. The van der Waals surface area contributed by atoms with E-state index in [1.165, 1.54) is 0 Å². The summed E-state index contributed by atoms with van der Waals surface area (Å²) < 4.78 is 0. The minimum atomic E-state index is -0.0695. The first-order chi connectivity index (χ1) is 7.60. The van der Waals surface area contributed by atoms with Crippen LogP contribution in [0.15, 0.2) is 12.2 Å². The number of hydrogen-bond acceptors (Lipinski definition) is 1. The summed E-state index contributed by atoms with van der Waals surface area (Å²) in [6.07, 6.45) is 10.9. The summed E-state index contributed by atoms with van der Waals surface area (Å²) in [7, 11) is 2.01. The van der Waals surface area contributed by atoms with Crippen LogP contribution in [0.3, 0.4) is 0 Å². The quantitative estimate of drug-likeness (QED) is 0.656. The van der Waals surface area contributed by atoms with Gasteiger partial charge in [-0.25, -0.2) is 0 Å². The van der Waals surface area contributed by atoms with E-state index in [0.717, 1.165) is 38.5 Å². The molecule has 0 radical (unpaired) electrons. The third-order valence-corrected chi connectivity index (χ3v) is 4.93. The average Bonchev–Trinajstić information content (AvgIpc) is 2.53. The molecule has 0 saturated carbocycles. The molecule has 2 aliphatic rings. The summed E-state index contributed by atoms with van der Waals surface area (Å²) in [6.45, 7) is 4.32. The minimum absolute atomic E-state index is 0.0695. The number of amides is 1. The van der Waals surface area contributed by atoms with E-state index in [-0.39, 0.29) is 11.0 Å². The summed E-state index contributed by atoms with van der Waals surface area (Å²) in [6, 6.07) is 0. The lowest BCUT2D eigenvalue weighted by molar-refractivity contribution is -0.137. The number of likely N-dealkylation sites (tertiary alicyclic amines) is 1. The Balaban J connectivity index is 2.32. The zero-order valence-electron chi connectivity index (χ0n) is 10.8. The molecule has 1 aliphatic carbocycles. The zero-order chi connectivity index (χ0) is 11.8. The van der Waals surface area contributed by atoms with Crippen molar-refractivity contribution in [2.24, 2.45) is 5.41 Å². The number of nitrogens with zero attached hydrogens (tertiary/aromatic N) is 1. The van der Waals surface area contributed by atoms with Gasteiger partial charge in [0.1, 0.15) is 0 Å². The van der Waals surface area contributed by atoms with E-state index < -0.39 is 0 Å². The molecule has 1 unspecified atom stereocenters. The molecule has 0 bridgehead atoms. The van der Waals surface area contributed by atoms with E-state index in [1.54, 1.807) is 0 Å². The van der Waals surface area contributed by atoms with Crippen LogP contribution in [0.2, 0.25) is 0 Å². The summed E-state index contributed by atoms with van der Waals surface area (Å²) >= 11 is 0. The van der Waals surface area contributed by atoms with Crippen molar-refractivity contribution in [3.8, 4) is 0 Å². The topological polar surface area (TPSA) is 20.3 Å². The largest absolute Gasteiger partial charge is 0.339 e. The molecule has 1 amide bonds. The zero-order valence-corrected chi connectivity index (χ0v) is 10.8. The Hall–Kier alpha value is -0.790. The Morgan fingerprint density at radius 1 is 1.31 bits per heavy atom. The van der Waals surface area contributed by atoms with Crippen molar-refractivity contribution in [2.75, 3.05) is 7.05 Å². The van der Waals surface area contributed by atoms with Gasteiger partial charge >= 0.3 is 0 Å². The molecule has 0 aromatic heterocycles. The van der Waals surface area contributed by atoms with Gasteiger partial charge in [0.15, 0.2) is 0 Å². The lowest BCUT2D eigenvalue weighted by Crippen LogP contribution is -2.43. The fourth-order valence-corrected chi connectivity index (χ4v) is 3.54. The first-order valence-electron chi connectivity index (χ1n) is 6.53. The van der Waals surface area contributed by atoms with E-state index in [4.69, 9.17) is 0 Å². The highest BCUT2D eigenvalue weighted by molar-refractivity contribution is 5.86. The molecular weight excluding hydrogens is 198 g/mol. The second-order valence-corrected chi connectivity index (χ2v) is 5.47. The summed E-state index contributed by atoms with van der Waals surface area (Å²) in [5.41, 5.74) is 0.0672. The molecule has 0 aromatic carbocycles. The molecule has 1 fully saturated rings. The van der Waals surface area contributed by atoms with Gasteiger partial charge in [-0.1, -0.05) is 26.0 Å². The Morgan fingerprint density at radius 2 is 2.00 bits per heavy atom.